The Bertz CT molecular complexity index is 377. The number of ether oxygens (including phenoxy) is 1. The highest BCUT2D eigenvalue weighted by Gasteiger charge is 2.20. The SMILES string of the molecule is CC(C)Oc1c(N)nsc1NCC(C)(C)CCO. The molecular weight excluding hydrogens is 250 g/mol. The molecule has 4 N–H and O–H groups in total. The van der Waals surface area contributed by atoms with Crippen molar-refractivity contribution in [3.63, 3.8) is 0 Å². The van der Waals surface area contributed by atoms with E-state index in [0.717, 1.165) is 18.0 Å². The lowest BCUT2D eigenvalue weighted by atomic mass is 9.90. The van der Waals surface area contributed by atoms with E-state index in [0.29, 0.717) is 11.6 Å². The molecule has 0 aromatic carbocycles. The van der Waals surface area contributed by atoms with Gasteiger partial charge in [0.05, 0.1) is 6.10 Å². The minimum absolute atomic E-state index is 0.0165. The fourth-order valence-corrected chi connectivity index (χ4v) is 2.11. The Kier molecular flexibility index (Phi) is 5.22. The molecule has 1 aromatic rings. The summed E-state index contributed by atoms with van der Waals surface area (Å²) in [5, 5.41) is 13.2. The van der Waals surface area contributed by atoms with Gasteiger partial charge in [0.25, 0.3) is 0 Å². The Labute approximate surface area is 113 Å². The Morgan fingerprint density at radius 2 is 2.17 bits per heavy atom. The second kappa shape index (κ2) is 6.24. The average Bonchev–Trinajstić information content (AvgIpc) is 2.57. The van der Waals surface area contributed by atoms with Gasteiger partial charge in [0.1, 0.15) is 0 Å². The van der Waals surface area contributed by atoms with Crippen LogP contribution in [0.5, 0.6) is 5.75 Å². The van der Waals surface area contributed by atoms with E-state index in [9.17, 15) is 0 Å². The first-order chi connectivity index (χ1) is 8.35. The molecule has 0 aliphatic heterocycles. The molecule has 1 heterocycles. The highest BCUT2D eigenvalue weighted by molar-refractivity contribution is 7.11. The molecule has 0 radical (unpaired) electrons. The summed E-state index contributed by atoms with van der Waals surface area (Å²) in [4.78, 5) is 0. The van der Waals surface area contributed by atoms with Crippen LogP contribution in [0.25, 0.3) is 0 Å². The number of aromatic nitrogens is 1. The van der Waals surface area contributed by atoms with Crippen LogP contribution in [-0.4, -0.2) is 28.7 Å². The smallest absolute Gasteiger partial charge is 0.197 e. The van der Waals surface area contributed by atoms with E-state index in [2.05, 4.69) is 23.5 Å². The number of nitrogens with zero attached hydrogens (tertiary/aromatic N) is 1. The van der Waals surface area contributed by atoms with Gasteiger partial charge in [-0.15, -0.1) is 0 Å². The molecule has 5 nitrogen and oxygen atoms in total. The minimum atomic E-state index is 0.0165. The van der Waals surface area contributed by atoms with Gasteiger partial charge in [0, 0.05) is 13.2 Å². The number of anilines is 2. The van der Waals surface area contributed by atoms with Gasteiger partial charge >= 0.3 is 0 Å². The van der Waals surface area contributed by atoms with Gasteiger partial charge in [0.15, 0.2) is 16.6 Å². The van der Waals surface area contributed by atoms with Crippen LogP contribution in [0.2, 0.25) is 0 Å². The van der Waals surface area contributed by atoms with E-state index in [-0.39, 0.29) is 18.1 Å². The van der Waals surface area contributed by atoms with Crippen LogP contribution in [0.3, 0.4) is 0 Å². The van der Waals surface area contributed by atoms with Crippen molar-refractivity contribution < 1.29 is 9.84 Å². The maximum Gasteiger partial charge on any atom is 0.197 e. The Hall–Kier alpha value is -1.01. The van der Waals surface area contributed by atoms with Crippen molar-refractivity contribution in [1.82, 2.24) is 4.37 Å². The quantitative estimate of drug-likeness (QED) is 0.710. The summed E-state index contributed by atoms with van der Waals surface area (Å²) in [7, 11) is 0. The normalized spacial score (nSPS) is 11.9. The monoisotopic (exact) mass is 273 g/mol. The van der Waals surface area contributed by atoms with Crippen molar-refractivity contribution in [3.8, 4) is 5.75 Å². The molecule has 0 amide bonds. The number of hydrogen-bond donors (Lipinski definition) is 3. The Balaban J connectivity index is 2.67. The molecule has 6 heteroatoms. The van der Waals surface area contributed by atoms with E-state index >= 15 is 0 Å². The number of hydrogen-bond acceptors (Lipinski definition) is 6. The van der Waals surface area contributed by atoms with Gasteiger partial charge in [-0.25, -0.2) is 0 Å². The zero-order chi connectivity index (χ0) is 13.8. The van der Waals surface area contributed by atoms with Crippen molar-refractivity contribution in [2.45, 2.75) is 40.2 Å². The lowest BCUT2D eigenvalue weighted by Crippen LogP contribution is -2.24. The van der Waals surface area contributed by atoms with E-state index < -0.39 is 0 Å². The molecule has 0 aliphatic carbocycles. The second-order valence-corrected chi connectivity index (χ2v) is 6.16. The van der Waals surface area contributed by atoms with E-state index in [1.165, 1.54) is 11.5 Å². The van der Waals surface area contributed by atoms with Gasteiger partial charge < -0.3 is 20.9 Å². The number of nitrogen functional groups attached to an aromatic ring is 1. The first kappa shape index (κ1) is 15.0. The van der Waals surface area contributed by atoms with Gasteiger partial charge in [-0.2, -0.15) is 4.37 Å². The van der Waals surface area contributed by atoms with Crippen LogP contribution >= 0.6 is 11.5 Å². The standard InChI is InChI=1S/C12H23N3O2S/c1-8(2)17-9-10(13)15-18-11(9)14-7-12(3,4)5-6-16/h8,14,16H,5-7H2,1-4H3,(H2,13,15). The molecule has 0 saturated heterocycles. The molecule has 0 bridgehead atoms. The third kappa shape index (κ3) is 4.34. The number of nitrogens with one attached hydrogen (secondary N) is 1. The summed E-state index contributed by atoms with van der Waals surface area (Å²) in [6, 6.07) is 0. The highest BCUT2D eigenvalue weighted by Crippen LogP contribution is 2.36. The number of aliphatic hydroxyl groups excluding tert-OH is 1. The average molecular weight is 273 g/mol. The van der Waals surface area contributed by atoms with Crippen molar-refractivity contribution in [1.29, 1.82) is 0 Å². The van der Waals surface area contributed by atoms with Crippen molar-refractivity contribution in [3.05, 3.63) is 0 Å². The zero-order valence-electron chi connectivity index (χ0n) is 11.5. The molecule has 0 fully saturated rings. The topological polar surface area (TPSA) is 80.4 Å². The van der Waals surface area contributed by atoms with E-state index in [1.54, 1.807) is 0 Å². The van der Waals surface area contributed by atoms with E-state index in [1.807, 2.05) is 13.8 Å². The molecule has 1 rings (SSSR count). The van der Waals surface area contributed by atoms with Crippen molar-refractivity contribution in [2.24, 2.45) is 5.41 Å². The molecule has 0 saturated carbocycles. The number of aliphatic hydroxyl groups is 1. The third-order valence-electron chi connectivity index (χ3n) is 2.54. The van der Waals surface area contributed by atoms with Crippen LogP contribution in [0.1, 0.15) is 34.1 Å². The van der Waals surface area contributed by atoms with E-state index in [4.69, 9.17) is 15.6 Å². The molecule has 0 unspecified atom stereocenters. The highest BCUT2D eigenvalue weighted by atomic mass is 32.1. The molecular formula is C12H23N3O2S. The van der Waals surface area contributed by atoms with Gasteiger partial charge in [-0.1, -0.05) is 13.8 Å². The summed E-state index contributed by atoms with van der Waals surface area (Å²) < 4.78 is 9.75. The van der Waals surface area contributed by atoms with Gasteiger partial charge in [0.2, 0.25) is 0 Å². The predicted molar refractivity (Wildman–Crippen MR) is 76.3 cm³/mol. The van der Waals surface area contributed by atoms with Crippen LogP contribution in [0.15, 0.2) is 0 Å². The molecule has 104 valence electrons. The van der Waals surface area contributed by atoms with Gasteiger partial charge in [-0.3, -0.25) is 0 Å². The summed E-state index contributed by atoms with van der Waals surface area (Å²) in [6.07, 6.45) is 0.809. The molecule has 0 atom stereocenters. The lowest BCUT2D eigenvalue weighted by Gasteiger charge is -2.24. The summed E-state index contributed by atoms with van der Waals surface area (Å²) in [5.74, 6) is 1.06. The third-order valence-corrected chi connectivity index (χ3v) is 3.34. The molecule has 18 heavy (non-hydrogen) atoms. The largest absolute Gasteiger partial charge is 0.484 e. The van der Waals surface area contributed by atoms with Crippen LogP contribution in [0.4, 0.5) is 10.8 Å². The van der Waals surface area contributed by atoms with Crippen LogP contribution in [-0.2, 0) is 0 Å². The summed E-state index contributed by atoms with van der Waals surface area (Å²) in [5.41, 5.74) is 5.80. The minimum Gasteiger partial charge on any atom is -0.484 e. The summed E-state index contributed by atoms with van der Waals surface area (Å²) >= 11 is 1.30. The molecule has 1 aromatic heterocycles. The Morgan fingerprint density at radius 3 is 2.72 bits per heavy atom. The fraction of sp³-hybridized carbons (Fsp3) is 0.750. The first-order valence-corrected chi connectivity index (χ1v) is 6.89. The lowest BCUT2D eigenvalue weighted by molar-refractivity contribution is 0.219. The summed E-state index contributed by atoms with van der Waals surface area (Å²) in [6.45, 7) is 9.04. The van der Waals surface area contributed by atoms with Crippen LogP contribution in [0, 0.1) is 5.41 Å². The van der Waals surface area contributed by atoms with Crippen LogP contribution < -0.4 is 15.8 Å². The second-order valence-electron chi connectivity index (χ2n) is 5.38. The predicted octanol–water partition coefficient (Wildman–Crippen LogP) is 2.33. The number of rotatable bonds is 7. The number of nitrogens with two attached hydrogens (primary N) is 1. The zero-order valence-corrected chi connectivity index (χ0v) is 12.3. The van der Waals surface area contributed by atoms with Crippen molar-refractivity contribution >= 4 is 22.4 Å². The molecule has 0 aliphatic rings. The molecule has 0 spiro atoms. The van der Waals surface area contributed by atoms with Crippen molar-refractivity contribution in [2.75, 3.05) is 24.2 Å². The Morgan fingerprint density at radius 1 is 1.50 bits per heavy atom. The maximum atomic E-state index is 8.99. The first-order valence-electron chi connectivity index (χ1n) is 6.12. The fourth-order valence-electron chi connectivity index (χ4n) is 1.47. The maximum absolute atomic E-state index is 8.99. The van der Waals surface area contributed by atoms with Gasteiger partial charge in [-0.05, 0) is 37.2 Å².